The molecule has 0 radical (unpaired) electrons. The van der Waals surface area contributed by atoms with Gasteiger partial charge in [0.1, 0.15) is 17.0 Å². The minimum atomic E-state index is -6.48. The first-order valence-corrected chi connectivity index (χ1v) is 8.52. The number of halogens is 9. The Bertz CT molecular complexity index is 1130. The molecule has 3 aromatic rings. The second kappa shape index (κ2) is 7.71. The van der Waals surface area contributed by atoms with E-state index in [1.807, 2.05) is 0 Å². The molecular weight excluding hydrogens is 459 g/mol. The summed E-state index contributed by atoms with van der Waals surface area (Å²) in [6.07, 6.45) is -12.4. The Morgan fingerprint density at radius 1 is 0.938 bits per heavy atom. The molecule has 4 nitrogen and oxygen atoms in total. The Morgan fingerprint density at radius 2 is 1.53 bits per heavy atom. The highest BCUT2D eigenvalue weighted by Gasteiger charge is 2.63. The van der Waals surface area contributed by atoms with Gasteiger partial charge in [-0.3, -0.25) is 0 Å². The van der Waals surface area contributed by atoms with Gasteiger partial charge < -0.3 is 9.26 Å². The summed E-state index contributed by atoms with van der Waals surface area (Å²) in [5, 5.41) is 3.40. The maximum Gasteiger partial charge on any atom is 0.459 e. The Morgan fingerprint density at radius 3 is 1.97 bits per heavy atom. The molecule has 0 aliphatic rings. The Kier molecular flexibility index (Phi) is 5.64. The summed E-state index contributed by atoms with van der Waals surface area (Å²) >= 11 is 0. The summed E-state index contributed by atoms with van der Waals surface area (Å²) in [7, 11) is 1.27. The molecule has 0 amide bonds. The molecule has 0 saturated carbocycles. The van der Waals surface area contributed by atoms with E-state index in [2.05, 4.69) is 10.1 Å². The first kappa shape index (κ1) is 23.4. The SMILES string of the molecule is COc1ccc(-c2nc(C(F)(F)C(F)(F)F)c(C(F)(F)F)c(F)c2-c2cc(C)no2)cc1. The smallest absolute Gasteiger partial charge is 0.459 e. The van der Waals surface area contributed by atoms with Crippen molar-refractivity contribution in [3.05, 3.63) is 53.1 Å². The number of nitrogens with zero attached hydrogens (tertiary/aromatic N) is 2. The van der Waals surface area contributed by atoms with E-state index >= 15 is 4.39 Å². The fourth-order valence-corrected chi connectivity index (χ4v) is 2.84. The predicted molar refractivity (Wildman–Crippen MR) is 91.4 cm³/mol. The van der Waals surface area contributed by atoms with Gasteiger partial charge in [-0.15, -0.1) is 0 Å². The van der Waals surface area contributed by atoms with Crippen LogP contribution in [0.15, 0.2) is 34.9 Å². The van der Waals surface area contributed by atoms with Gasteiger partial charge in [0.05, 0.1) is 24.1 Å². The molecule has 2 aromatic heterocycles. The van der Waals surface area contributed by atoms with E-state index in [4.69, 9.17) is 9.26 Å². The highest BCUT2D eigenvalue weighted by Crippen LogP contribution is 2.50. The van der Waals surface area contributed by atoms with Crippen LogP contribution in [0.2, 0.25) is 0 Å². The van der Waals surface area contributed by atoms with E-state index in [0.29, 0.717) is 0 Å². The summed E-state index contributed by atoms with van der Waals surface area (Å²) in [4.78, 5) is 2.99. The number of hydrogen-bond acceptors (Lipinski definition) is 4. The van der Waals surface area contributed by atoms with Crippen LogP contribution in [0.1, 0.15) is 17.0 Å². The van der Waals surface area contributed by atoms with Crippen molar-refractivity contribution in [2.24, 2.45) is 0 Å². The van der Waals surface area contributed by atoms with E-state index in [0.717, 1.165) is 18.2 Å². The second-order valence-electron chi connectivity index (χ2n) is 6.50. The van der Waals surface area contributed by atoms with Gasteiger partial charge in [0.25, 0.3) is 0 Å². The quantitative estimate of drug-likeness (QED) is 0.407. The van der Waals surface area contributed by atoms with E-state index in [9.17, 15) is 35.1 Å². The molecule has 3 rings (SSSR count). The highest BCUT2D eigenvalue weighted by molar-refractivity contribution is 5.80. The molecule has 13 heteroatoms. The number of rotatable bonds is 4. The molecular formula is C19H11F9N2O2. The lowest BCUT2D eigenvalue weighted by molar-refractivity contribution is -0.292. The number of aryl methyl sites for hydroxylation is 1. The van der Waals surface area contributed by atoms with Crippen LogP contribution >= 0.6 is 0 Å². The van der Waals surface area contributed by atoms with Crippen molar-refractivity contribution in [2.45, 2.75) is 25.2 Å². The lowest BCUT2D eigenvalue weighted by Crippen LogP contribution is -2.37. The van der Waals surface area contributed by atoms with E-state index in [-0.39, 0.29) is 17.0 Å². The predicted octanol–water partition coefficient (Wildman–Crippen LogP) is 6.53. The van der Waals surface area contributed by atoms with Gasteiger partial charge in [-0.05, 0) is 31.2 Å². The van der Waals surface area contributed by atoms with E-state index in [1.165, 1.54) is 26.2 Å². The number of ether oxygens (including phenoxy) is 1. The minimum Gasteiger partial charge on any atom is -0.497 e. The van der Waals surface area contributed by atoms with Crippen LogP contribution in [0.5, 0.6) is 5.75 Å². The fourth-order valence-electron chi connectivity index (χ4n) is 2.84. The van der Waals surface area contributed by atoms with Gasteiger partial charge in [0.15, 0.2) is 11.6 Å². The lowest BCUT2D eigenvalue weighted by Gasteiger charge is -2.24. The summed E-state index contributed by atoms with van der Waals surface area (Å²) in [6.45, 7) is 1.34. The Balaban J connectivity index is 2.48. The van der Waals surface area contributed by atoms with Crippen molar-refractivity contribution in [2.75, 3.05) is 7.11 Å². The molecule has 0 aliphatic heterocycles. The summed E-state index contributed by atoms with van der Waals surface area (Å²) in [5.74, 6) is -8.95. The van der Waals surface area contributed by atoms with E-state index < -0.39 is 52.4 Å². The first-order valence-electron chi connectivity index (χ1n) is 8.52. The maximum atomic E-state index is 15.2. The molecule has 32 heavy (non-hydrogen) atoms. The molecule has 172 valence electrons. The van der Waals surface area contributed by atoms with Crippen LogP contribution in [0.3, 0.4) is 0 Å². The molecule has 0 unspecified atom stereocenters. The van der Waals surface area contributed by atoms with Crippen molar-refractivity contribution in [3.63, 3.8) is 0 Å². The zero-order valence-corrected chi connectivity index (χ0v) is 16.0. The first-order chi connectivity index (χ1) is 14.7. The highest BCUT2D eigenvalue weighted by atomic mass is 19.4. The zero-order chi connectivity index (χ0) is 24.1. The standard InChI is InChI=1S/C19H11F9N2O2/c1-8-7-11(32-30-8)12-14(20)13(18(23,24)25)16(17(21,22)19(26,27)28)29-15(12)9-3-5-10(31-2)6-4-9/h3-7H,1-2H3. The number of pyridine rings is 1. The third kappa shape index (κ3) is 3.98. The average Bonchev–Trinajstić information content (AvgIpc) is 3.11. The van der Waals surface area contributed by atoms with Gasteiger partial charge in [-0.1, -0.05) is 5.16 Å². The van der Waals surface area contributed by atoms with Crippen molar-refractivity contribution in [1.82, 2.24) is 10.1 Å². The van der Waals surface area contributed by atoms with Crippen LogP contribution in [0.25, 0.3) is 22.6 Å². The number of methoxy groups -OCH3 is 1. The number of benzene rings is 1. The summed E-state index contributed by atoms with van der Waals surface area (Å²) in [6, 6.07) is 5.62. The van der Waals surface area contributed by atoms with Gasteiger partial charge in [-0.25, -0.2) is 9.37 Å². The lowest BCUT2D eigenvalue weighted by atomic mass is 9.96. The van der Waals surface area contributed by atoms with E-state index in [1.54, 1.807) is 0 Å². The largest absolute Gasteiger partial charge is 0.497 e. The van der Waals surface area contributed by atoms with Crippen LogP contribution < -0.4 is 4.74 Å². The molecule has 0 bridgehead atoms. The number of aromatic nitrogens is 2. The minimum absolute atomic E-state index is 0.0818. The Hall–Kier alpha value is -3.25. The fraction of sp³-hybridized carbons (Fsp3) is 0.263. The van der Waals surface area contributed by atoms with Crippen molar-refractivity contribution < 1.29 is 48.8 Å². The monoisotopic (exact) mass is 470 g/mol. The van der Waals surface area contributed by atoms with Crippen LogP contribution in [-0.2, 0) is 12.1 Å². The van der Waals surface area contributed by atoms with Crippen LogP contribution in [-0.4, -0.2) is 23.4 Å². The third-order valence-corrected chi connectivity index (χ3v) is 4.31. The molecule has 0 N–H and O–H groups in total. The van der Waals surface area contributed by atoms with Crippen LogP contribution in [0.4, 0.5) is 39.5 Å². The molecule has 0 spiro atoms. The van der Waals surface area contributed by atoms with Crippen LogP contribution in [0, 0.1) is 12.7 Å². The molecule has 0 fully saturated rings. The van der Waals surface area contributed by atoms with Gasteiger partial charge in [-0.2, -0.15) is 35.1 Å². The molecule has 1 aromatic carbocycles. The van der Waals surface area contributed by atoms with Crippen molar-refractivity contribution >= 4 is 0 Å². The van der Waals surface area contributed by atoms with Crippen molar-refractivity contribution in [3.8, 4) is 28.3 Å². The van der Waals surface area contributed by atoms with Gasteiger partial charge >= 0.3 is 18.3 Å². The number of hydrogen-bond donors (Lipinski definition) is 0. The second-order valence-corrected chi connectivity index (χ2v) is 6.50. The maximum absolute atomic E-state index is 15.2. The van der Waals surface area contributed by atoms with Crippen molar-refractivity contribution in [1.29, 1.82) is 0 Å². The molecule has 0 saturated heterocycles. The average molecular weight is 470 g/mol. The summed E-state index contributed by atoms with van der Waals surface area (Å²) in [5.41, 5.74) is -7.89. The summed E-state index contributed by atoms with van der Waals surface area (Å²) < 4.78 is 132. The molecule has 0 atom stereocenters. The van der Waals surface area contributed by atoms with Gasteiger partial charge in [0.2, 0.25) is 0 Å². The molecule has 0 aliphatic carbocycles. The van der Waals surface area contributed by atoms with Gasteiger partial charge in [0, 0.05) is 11.6 Å². The zero-order valence-electron chi connectivity index (χ0n) is 16.0. The topological polar surface area (TPSA) is 48.2 Å². The molecule has 2 heterocycles. The third-order valence-electron chi connectivity index (χ3n) is 4.31. The number of alkyl halides is 8. The normalized spacial score (nSPS) is 12.8. The Labute approximate surface area is 173 Å².